The van der Waals surface area contributed by atoms with E-state index in [0.717, 1.165) is 35.2 Å². The molecule has 22 heavy (non-hydrogen) atoms. The van der Waals surface area contributed by atoms with Crippen molar-refractivity contribution >= 4 is 34.6 Å². The van der Waals surface area contributed by atoms with Crippen LogP contribution in [0.1, 0.15) is 13.3 Å². The highest BCUT2D eigenvalue weighted by Gasteiger charge is 2.20. The summed E-state index contributed by atoms with van der Waals surface area (Å²) in [5, 5.41) is 17.5. The fourth-order valence-corrected chi connectivity index (χ4v) is 4.41. The van der Waals surface area contributed by atoms with Gasteiger partial charge in [0.15, 0.2) is 11.5 Å². The number of thiophene rings is 1. The van der Waals surface area contributed by atoms with Crippen molar-refractivity contribution in [2.75, 3.05) is 23.0 Å². The molecule has 1 unspecified atom stereocenters. The molecule has 3 aromatic rings. The van der Waals surface area contributed by atoms with Gasteiger partial charge in [-0.15, -0.1) is 15.3 Å². The van der Waals surface area contributed by atoms with Crippen LogP contribution in [0.3, 0.4) is 0 Å². The second-order valence-corrected chi connectivity index (χ2v) is 7.45. The quantitative estimate of drug-likeness (QED) is 0.722. The van der Waals surface area contributed by atoms with Crippen molar-refractivity contribution in [3.05, 3.63) is 29.0 Å². The van der Waals surface area contributed by atoms with E-state index < -0.39 is 0 Å². The van der Waals surface area contributed by atoms with Crippen LogP contribution in [-0.2, 0) is 0 Å². The Morgan fingerprint density at radius 3 is 3.00 bits per heavy atom. The van der Waals surface area contributed by atoms with Crippen molar-refractivity contribution in [3.63, 3.8) is 0 Å². The van der Waals surface area contributed by atoms with Crippen LogP contribution < -0.4 is 4.90 Å². The molecule has 1 aliphatic heterocycles. The van der Waals surface area contributed by atoms with E-state index in [0.29, 0.717) is 6.04 Å². The summed E-state index contributed by atoms with van der Waals surface area (Å²) in [5.41, 5.74) is 1.86. The number of aromatic nitrogens is 4. The SMILES string of the molecule is CC1CCSCCN1c1ccc2nnc(-c3ccsc3)n2n1. The summed E-state index contributed by atoms with van der Waals surface area (Å²) in [5.74, 6) is 4.21. The van der Waals surface area contributed by atoms with Gasteiger partial charge in [0.25, 0.3) is 0 Å². The van der Waals surface area contributed by atoms with Gasteiger partial charge in [0, 0.05) is 29.3 Å². The molecule has 1 atom stereocenters. The zero-order valence-corrected chi connectivity index (χ0v) is 14.0. The number of hydrogen-bond acceptors (Lipinski definition) is 6. The molecule has 0 bridgehead atoms. The van der Waals surface area contributed by atoms with Crippen LogP contribution in [0.2, 0.25) is 0 Å². The van der Waals surface area contributed by atoms with Gasteiger partial charge in [0.2, 0.25) is 0 Å². The van der Waals surface area contributed by atoms with Crippen molar-refractivity contribution in [1.82, 2.24) is 19.8 Å². The lowest BCUT2D eigenvalue weighted by atomic mass is 10.2. The summed E-state index contributed by atoms with van der Waals surface area (Å²) < 4.78 is 1.86. The summed E-state index contributed by atoms with van der Waals surface area (Å²) in [6, 6.07) is 6.64. The lowest BCUT2D eigenvalue weighted by Gasteiger charge is -2.27. The summed E-state index contributed by atoms with van der Waals surface area (Å²) in [4.78, 5) is 2.40. The monoisotopic (exact) mass is 331 g/mol. The zero-order chi connectivity index (χ0) is 14.9. The Morgan fingerprint density at radius 1 is 1.18 bits per heavy atom. The average Bonchev–Trinajstić information content (AvgIpc) is 3.14. The second-order valence-electron chi connectivity index (χ2n) is 5.44. The van der Waals surface area contributed by atoms with Gasteiger partial charge in [0.05, 0.1) is 0 Å². The van der Waals surface area contributed by atoms with Crippen LogP contribution in [0.25, 0.3) is 17.0 Å². The first-order valence-electron chi connectivity index (χ1n) is 7.42. The minimum absolute atomic E-state index is 0.515. The first-order valence-corrected chi connectivity index (χ1v) is 9.52. The van der Waals surface area contributed by atoms with E-state index in [2.05, 4.69) is 39.5 Å². The maximum atomic E-state index is 4.82. The van der Waals surface area contributed by atoms with Crippen LogP contribution in [0.4, 0.5) is 5.82 Å². The Balaban J connectivity index is 1.77. The Morgan fingerprint density at radius 2 is 2.14 bits per heavy atom. The molecule has 0 N–H and O–H groups in total. The molecule has 0 aliphatic carbocycles. The highest BCUT2D eigenvalue weighted by atomic mass is 32.2. The van der Waals surface area contributed by atoms with E-state index in [1.54, 1.807) is 11.3 Å². The molecule has 0 spiro atoms. The number of thioether (sulfide) groups is 1. The Kier molecular flexibility index (Phi) is 3.75. The summed E-state index contributed by atoms with van der Waals surface area (Å²) in [6.07, 6.45) is 1.20. The molecule has 1 saturated heterocycles. The molecule has 1 fully saturated rings. The van der Waals surface area contributed by atoms with Crippen molar-refractivity contribution in [2.45, 2.75) is 19.4 Å². The second kappa shape index (κ2) is 5.89. The molecule has 0 aromatic carbocycles. The van der Waals surface area contributed by atoms with E-state index in [1.165, 1.54) is 12.2 Å². The molecular weight excluding hydrogens is 314 g/mol. The van der Waals surface area contributed by atoms with E-state index in [4.69, 9.17) is 5.10 Å². The predicted molar refractivity (Wildman–Crippen MR) is 92.8 cm³/mol. The summed E-state index contributed by atoms with van der Waals surface area (Å²) >= 11 is 3.68. The van der Waals surface area contributed by atoms with E-state index in [9.17, 15) is 0 Å². The number of hydrogen-bond donors (Lipinski definition) is 0. The first-order chi connectivity index (χ1) is 10.8. The zero-order valence-electron chi connectivity index (χ0n) is 12.3. The van der Waals surface area contributed by atoms with Crippen LogP contribution in [0.5, 0.6) is 0 Å². The number of rotatable bonds is 2. The molecule has 3 aromatic heterocycles. The van der Waals surface area contributed by atoms with E-state index in [1.807, 2.05) is 27.7 Å². The third-order valence-electron chi connectivity index (χ3n) is 4.01. The maximum absolute atomic E-state index is 4.82. The third kappa shape index (κ3) is 2.48. The van der Waals surface area contributed by atoms with Crippen molar-refractivity contribution in [1.29, 1.82) is 0 Å². The van der Waals surface area contributed by atoms with Crippen molar-refractivity contribution in [3.8, 4) is 11.4 Å². The van der Waals surface area contributed by atoms with Gasteiger partial charge in [-0.2, -0.15) is 27.6 Å². The standard InChI is InChI=1S/C15H17N5S2/c1-11-4-7-21-9-6-19(11)14-3-2-13-16-17-15(20(13)18-14)12-5-8-22-10-12/h2-3,5,8,10-11H,4,6-7,9H2,1H3. The minimum atomic E-state index is 0.515. The lowest BCUT2D eigenvalue weighted by Crippen LogP contribution is -2.34. The summed E-state index contributed by atoms with van der Waals surface area (Å²) in [7, 11) is 0. The van der Waals surface area contributed by atoms with Gasteiger partial charge >= 0.3 is 0 Å². The molecule has 114 valence electrons. The normalized spacial score (nSPS) is 19.5. The Labute approximate surface area is 137 Å². The van der Waals surface area contributed by atoms with Crippen LogP contribution in [0, 0.1) is 0 Å². The highest BCUT2D eigenvalue weighted by Crippen LogP contribution is 2.24. The topological polar surface area (TPSA) is 46.3 Å². The fourth-order valence-electron chi connectivity index (χ4n) is 2.74. The predicted octanol–water partition coefficient (Wildman–Crippen LogP) is 3.18. The number of fused-ring (bicyclic) bond motifs is 1. The molecule has 4 heterocycles. The van der Waals surface area contributed by atoms with Gasteiger partial charge in [-0.05, 0) is 42.7 Å². The number of nitrogens with zero attached hydrogens (tertiary/aromatic N) is 5. The molecular formula is C15H17N5S2. The van der Waals surface area contributed by atoms with Gasteiger partial charge in [-0.25, -0.2) is 0 Å². The average molecular weight is 331 g/mol. The van der Waals surface area contributed by atoms with Crippen LogP contribution >= 0.6 is 23.1 Å². The van der Waals surface area contributed by atoms with Crippen molar-refractivity contribution < 1.29 is 0 Å². The Hall–Kier alpha value is -1.60. The fraction of sp³-hybridized carbons (Fsp3) is 0.400. The molecule has 4 rings (SSSR count). The Bertz CT molecular complexity index is 767. The van der Waals surface area contributed by atoms with Crippen LogP contribution in [-0.4, -0.2) is 43.9 Å². The lowest BCUT2D eigenvalue weighted by molar-refractivity contribution is 0.632. The number of anilines is 1. The van der Waals surface area contributed by atoms with Gasteiger partial charge in [-0.3, -0.25) is 0 Å². The van der Waals surface area contributed by atoms with Gasteiger partial charge in [0.1, 0.15) is 5.82 Å². The molecule has 0 saturated carbocycles. The maximum Gasteiger partial charge on any atom is 0.186 e. The molecule has 0 radical (unpaired) electrons. The van der Waals surface area contributed by atoms with E-state index in [-0.39, 0.29) is 0 Å². The molecule has 7 heteroatoms. The minimum Gasteiger partial charge on any atom is -0.352 e. The van der Waals surface area contributed by atoms with Gasteiger partial charge in [-0.1, -0.05) is 0 Å². The van der Waals surface area contributed by atoms with Crippen LogP contribution in [0.15, 0.2) is 29.0 Å². The van der Waals surface area contributed by atoms with E-state index >= 15 is 0 Å². The first kappa shape index (κ1) is 14.0. The van der Waals surface area contributed by atoms with Gasteiger partial charge < -0.3 is 4.90 Å². The third-order valence-corrected chi connectivity index (χ3v) is 5.69. The summed E-state index contributed by atoms with van der Waals surface area (Å²) in [6.45, 7) is 3.32. The molecule has 5 nitrogen and oxygen atoms in total. The smallest absolute Gasteiger partial charge is 0.186 e. The molecule has 0 amide bonds. The largest absolute Gasteiger partial charge is 0.352 e. The van der Waals surface area contributed by atoms with Crippen molar-refractivity contribution in [2.24, 2.45) is 0 Å². The molecule has 1 aliphatic rings. The highest BCUT2D eigenvalue weighted by molar-refractivity contribution is 7.99.